The summed E-state index contributed by atoms with van der Waals surface area (Å²) < 4.78 is 4.97. The van der Waals surface area contributed by atoms with Crippen molar-refractivity contribution in [2.45, 2.75) is 40.7 Å². The van der Waals surface area contributed by atoms with Gasteiger partial charge in [0.1, 0.15) is 6.54 Å². The molecule has 0 aliphatic heterocycles. The summed E-state index contributed by atoms with van der Waals surface area (Å²) in [5.41, 5.74) is 0.517. The van der Waals surface area contributed by atoms with Crippen LogP contribution in [0.2, 0.25) is 0 Å². The van der Waals surface area contributed by atoms with Crippen molar-refractivity contribution in [1.29, 1.82) is 0 Å². The SMILES string of the molecule is CCOC(=O)CN(Cc1ccccc1)C(=O)C(C)(C)CC. The van der Waals surface area contributed by atoms with E-state index < -0.39 is 5.41 Å². The van der Waals surface area contributed by atoms with Gasteiger partial charge in [-0.2, -0.15) is 0 Å². The summed E-state index contributed by atoms with van der Waals surface area (Å²) in [5, 5.41) is 0. The third kappa shape index (κ3) is 5.21. The van der Waals surface area contributed by atoms with Gasteiger partial charge in [-0.3, -0.25) is 9.59 Å². The van der Waals surface area contributed by atoms with E-state index in [2.05, 4.69) is 0 Å². The average molecular weight is 291 g/mol. The van der Waals surface area contributed by atoms with Crippen LogP contribution >= 0.6 is 0 Å². The third-order valence-corrected chi connectivity index (χ3v) is 3.59. The van der Waals surface area contributed by atoms with Gasteiger partial charge in [0, 0.05) is 12.0 Å². The van der Waals surface area contributed by atoms with Crippen molar-refractivity contribution in [3.8, 4) is 0 Å². The molecule has 0 saturated carbocycles. The average Bonchev–Trinajstić information content (AvgIpc) is 2.47. The maximum absolute atomic E-state index is 12.7. The summed E-state index contributed by atoms with van der Waals surface area (Å²) >= 11 is 0. The standard InChI is InChI=1S/C17H25NO3/c1-5-17(3,4)16(20)18(13-15(19)21-6-2)12-14-10-8-7-9-11-14/h7-11H,5-6,12-13H2,1-4H3. The highest BCUT2D eigenvalue weighted by molar-refractivity contribution is 5.85. The van der Waals surface area contributed by atoms with Crippen molar-refractivity contribution in [2.75, 3.05) is 13.2 Å². The van der Waals surface area contributed by atoms with Crippen LogP contribution in [0.5, 0.6) is 0 Å². The summed E-state index contributed by atoms with van der Waals surface area (Å²) in [6.07, 6.45) is 0.722. The zero-order valence-electron chi connectivity index (χ0n) is 13.4. The van der Waals surface area contributed by atoms with Gasteiger partial charge in [-0.05, 0) is 18.9 Å². The Hall–Kier alpha value is -1.84. The Bertz CT molecular complexity index is 468. The fourth-order valence-corrected chi connectivity index (χ4v) is 1.95. The van der Waals surface area contributed by atoms with Crippen LogP contribution in [0.25, 0.3) is 0 Å². The van der Waals surface area contributed by atoms with E-state index in [4.69, 9.17) is 4.74 Å². The van der Waals surface area contributed by atoms with Crippen LogP contribution in [0.3, 0.4) is 0 Å². The molecule has 0 aliphatic rings. The number of hydrogen-bond donors (Lipinski definition) is 0. The van der Waals surface area contributed by atoms with Gasteiger partial charge < -0.3 is 9.64 Å². The topological polar surface area (TPSA) is 46.6 Å². The molecule has 0 saturated heterocycles. The first kappa shape index (κ1) is 17.2. The maximum Gasteiger partial charge on any atom is 0.325 e. The number of esters is 1. The zero-order chi connectivity index (χ0) is 15.9. The number of ether oxygens (including phenoxy) is 1. The molecule has 0 radical (unpaired) electrons. The number of nitrogens with zero attached hydrogens (tertiary/aromatic N) is 1. The summed E-state index contributed by atoms with van der Waals surface area (Å²) in [4.78, 5) is 26.0. The van der Waals surface area contributed by atoms with Crippen molar-refractivity contribution in [1.82, 2.24) is 4.90 Å². The first-order valence-corrected chi connectivity index (χ1v) is 7.39. The Morgan fingerprint density at radius 3 is 2.29 bits per heavy atom. The minimum atomic E-state index is -0.485. The second kappa shape index (κ2) is 7.81. The number of amides is 1. The van der Waals surface area contributed by atoms with Crippen molar-refractivity contribution in [3.63, 3.8) is 0 Å². The van der Waals surface area contributed by atoms with Crippen molar-refractivity contribution >= 4 is 11.9 Å². The molecule has 21 heavy (non-hydrogen) atoms. The number of hydrogen-bond acceptors (Lipinski definition) is 3. The molecule has 4 heteroatoms. The fraction of sp³-hybridized carbons (Fsp3) is 0.529. The van der Waals surface area contributed by atoms with Gasteiger partial charge in [-0.1, -0.05) is 51.1 Å². The molecule has 0 unspecified atom stereocenters. The molecule has 1 aromatic carbocycles. The van der Waals surface area contributed by atoms with Gasteiger partial charge >= 0.3 is 5.97 Å². The van der Waals surface area contributed by atoms with Crippen LogP contribution in [0.4, 0.5) is 0 Å². The summed E-state index contributed by atoms with van der Waals surface area (Å²) in [7, 11) is 0. The summed E-state index contributed by atoms with van der Waals surface area (Å²) in [6, 6.07) is 9.67. The predicted octanol–water partition coefficient (Wildman–Crippen LogP) is 3.01. The van der Waals surface area contributed by atoms with Crippen LogP contribution in [-0.4, -0.2) is 29.9 Å². The largest absolute Gasteiger partial charge is 0.465 e. The van der Waals surface area contributed by atoms with Gasteiger partial charge in [-0.15, -0.1) is 0 Å². The van der Waals surface area contributed by atoms with E-state index in [0.717, 1.165) is 12.0 Å². The molecule has 1 rings (SSSR count). The third-order valence-electron chi connectivity index (χ3n) is 3.59. The molecular formula is C17H25NO3. The number of benzene rings is 1. The molecule has 4 nitrogen and oxygen atoms in total. The molecule has 1 aromatic rings. The first-order chi connectivity index (χ1) is 9.90. The summed E-state index contributed by atoms with van der Waals surface area (Å²) in [6.45, 7) is 8.27. The lowest BCUT2D eigenvalue weighted by Crippen LogP contribution is -2.43. The molecule has 0 fully saturated rings. The van der Waals surface area contributed by atoms with Gasteiger partial charge in [-0.25, -0.2) is 0 Å². The van der Waals surface area contributed by atoms with Crippen LogP contribution in [0, 0.1) is 5.41 Å². The Morgan fingerprint density at radius 1 is 1.14 bits per heavy atom. The molecule has 0 spiro atoms. The van der Waals surface area contributed by atoms with Gasteiger partial charge in [0.2, 0.25) is 5.91 Å². The van der Waals surface area contributed by atoms with Gasteiger partial charge in [0.05, 0.1) is 6.61 Å². The van der Waals surface area contributed by atoms with Crippen LogP contribution in [0.15, 0.2) is 30.3 Å². The van der Waals surface area contributed by atoms with Crippen LogP contribution < -0.4 is 0 Å². The molecule has 1 amide bonds. The van der Waals surface area contributed by atoms with E-state index >= 15 is 0 Å². The predicted molar refractivity (Wildman–Crippen MR) is 82.6 cm³/mol. The molecule has 0 atom stereocenters. The minimum absolute atomic E-state index is 0.00893. The minimum Gasteiger partial charge on any atom is -0.465 e. The quantitative estimate of drug-likeness (QED) is 0.725. The van der Waals surface area contributed by atoms with Crippen LogP contribution in [-0.2, 0) is 20.9 Å². The van der Waals surface area contributed by atoms with E-state index in [1.807, 2.05) is 51.1 Å². The van der Waals surface area contributed by atoms with Gasteiger partial charge in [0.25, 0.3) is 0 Å². The number of rotatable bonds is 7. The monoisotopic (exact) mass is 291 g/mol. The lowest BCUT2D eigenvalue weighted by atomic mass is 9.88. The van der Waals surface area contributed by atoms with E-state index in [0.29, 0.717) is 13.2 Å². The molecule has 0 bridgehead atoms. The molecular weight excluding hydrogens is 266 g/mol. The maximum atomic E-state index is 12.7. The van der Waals surface area contributed by atoms with Gasteiger partial charge in [0.15, 0.2) is 0 Å². The van der Waals surface area contributed by atoms with Crippen molar-refractivity contribution < 1.29 is 14.3 Å². The van der Waals surface area contributed by atoms with E-state index in [-0.39, 0.29) is 18.4 Å². The highest BCUT2D eigenvalue weighted by Gasteiger charge is 2.31. The Morgan fingerprint density at radius 2 is 1.76 bits per heavy atom. The van der Waals surface area contributed by atoms with Crippen LogP contribution in [0.1, 0.15) is 39.7 Å². The highest BCUT2D eigenvalue weighted by atomic mass is 16.5. The molecule has 0 aliphatic carbocycles. The van der Waals surface area contributed by atoms with Crippen molar-refractivity contribution in [2.24, 2.45) is 5.41 Å². The number of carbonyl (C=O) groups excluding carboxylic acids is 2. The highest BCUT2D eigenvalue weighted by Crippen LogP contribution is 2.24. The smallest absolute Gasteiger partial charge is 0.325 e. The Balaban J connectivity index is 2.89. The zero-order valence-corrected chi connectivity index (χ0v) is 13.4. The second-order valence-electron chi connectivity index (χ2n) is 5.69. The molecule has 116 valence electrons. The van der Waals surface area contributed by atoms with E-state index in [9.17, 15) is 9.59 Å². The summed E-state index contributed by atoms with van der Waals surface area (Å²) in [5.74, 6) is -0.393. The van der Waals surface area contributed by atoms with Crippen molar-refractivity contribution in [3.05, 3.63) is 35.9 Å². The Labute approximate surface area is 127 Å². The normalized spacial score (nSPS) is 11.0. The lowest BCUT2D eigenvalue weighted by Gasteiger charge is -2.30. The molecule has 0 aromatic heterocycles. The first-order valence-electron chi connectivity index (χ1n) is 7.39. The second-order valence-corrected chi connectivity index (χ2v) is 5.69. The van der Waals surface area contributed by atoms with E-state index in [1.165, 1.54) is 0 Å². The number of carbonyl (C=O) groups is 2. The molecule has 0 N–H and O–H groups in total. The van der Waals surface area contributed by atoms with E-state index in [1.54, 1.807) is 11.8 Å². The fourth-order valence-electron chi connectivity index (χ4n) is 1.95. The Kier molecular flexibility index (Phi) is 6.40. The molecule has 0 heterocycles. The lowest BCUT2D eigenvalue weighted by molar-refractivity contribution is -0.152.